The maximum absolute atomic E-state index is 10.8. The maximum Gasteiger partial charge on any atom is 1.00 e. The molecule has 0 radical (unpaired) electrons. The van der Waals surface area contributed by atoms with E-state index in [4.69, 9.17) is 11.5 Å². The van der Waals surface area contributed by atoms with E-state index >= 15 is 0 Å². The predicted molar refractivity (Wildman–Crippen MR) is 46.7 cm³/mol. The van der Waals surface area contributed by atoms with Gasteiger partial charge in [-0.15, -0.1) is 0 Å². The van der Waals surface area contributed by atoms with E-state index in [1.54, 1.807) is 0 Å². The molecule has 0 saturated carbocycles. The molecular formula is C6H13N2NaO5S. The first-order chi connectivity index (χ1) is 6.37. The number of nitrogens with two attached hydrogens (primary N) is 2. The van der Waals surface area contributed by atoms with Crippen molar-refractivity contribution in [3.05, 3.63) is 0 Å². The van der Waals surface area contributed by atoms with Crippen LogP contribution in [0.5, 0.6) is 0 Å². The molecule has 15 heavy (non-hydrogen) atoms. The Bertz CT molecular complexity index is 281. The number of carbonyl (C=O) groups excluding carboxylic acids is 1. The van der Waals surface area contributed by atoms with Crippen molar-refractivity contribution in [1.82, 2.24) is 0 Å². The van der Waals surface area contributed by atoms with E-state index in [9.17, 15) is 17.8 Å². The Morgan fingerprint density at radius 1 is 1.40 bits per heavy atom. The van der Waals surface area contributed by atoms with Gasteiger partial charge in [0.05, 0.1) is 0 Å². The van der Waals surface area contributed by atoms with Crippen LogP contribution in [0.3, 0.4) is 0 Å². The largest absolute Gasteiger partial charge is 1.00 e. The van der Waals surface area contributed by atoms with Gasteiger partial charge in [0.2, 0.25) is 0 Å². The number of hydrogen-bond donors (Lipinski definition) is 2. The predicted octanol–water partition coefficient (Wildman–Crippen LogP) is -4.55. The topological polar surface area (TPSA) is 136 Å². The van der Waals surface area contributed by atoms with Crippen LogP contribution in [-0.4, -0.2) is 31.5 Å². The summed E-state index contributed by atoms with van der Waals surface area (Å²) in [6.45, 7) is 0.460. The molecule has 0 aromatic rings. The summed E-state index contributed by atoms with van der Waals surface area (Å²) < 4.78 is 33.6. The zero-order valence-corrected chi connectivity index (χ0v) is 11.3. The van der Waals surface area contributed by atoms with Gasteiger partial charge in [0.15, 0.2) is 0 Å². The van der Waals surface area contributed by atoms with Crippen LogP contribution >= 0.6 is 0 Å². The third kappa shape index (κ3) is 10.6. The minimum absolute atomic E-state index is 0. The van der Waals surface area contributed by atoms with E-state index in [1.807, 2.05) is 0 Å². The van der Waals surface area contributed by atoms with Gasteiger partial charge in [-0.05, 0) is 19.4 Å². The minimum atomic E-state index is -5.00. The fourth-order valence-electron chi connectivity index (χ4n) is 0.789. The molecule has 0 unspecified atom stereocenters. The van der Waals surface area contributed by atoms with Crippen molar-refractivity contribution in [3.8, 4) is 0 Å². The maximum atomic E-state index is 10.8. The van der Waals surface area contributed by atoms with E-state index in [2.05, 4.69) is 4.18 Å². The van der Waals surface area contributed by atoms with E-state index in [1.165, 1.54) is 0 Å². The summed E-state index contributed by atoms with van der Waals surface area (Å²) in [5.41, 5.74) is 10.4. The number of rotatable bonds is 6. The molecule has 0 bridgehead atoms. The fraction of sp³-hybridized carbons (Fsp3) is 0.833. The van der Waals surface area contributed by atoms with E-state index in [-0.39, 0.29) is 36.0 Å². The Balaban J connectivity index is 0. The van der Waals surface area contributed by atoms with Crippen molar-refractivity contribution < 1.29 is 51.5 Å². The van der Waals surface area contributed by atoms with Crippen LogP contribution in [0, 0.1) is 0 Å². The standard InChI is InChI=1S/C6H14N2O5S.Na/c7-4-2-1-3-5(8)6(9)13-14(10,11)12;/h5H,1-4,7-8H2,(H,10,11,12);/q;+1/p-1/t5-;/m0./s1. The molecule has 0 saturated heterocycles. The van der Waals surface area contributed by atoms with E-state index < -0.39 is 22.4 Å². The van der Waals surface area contributed by atoms with Crippen molar-refractivity contribution in [1.29, 1.82) is 0 Å². The molecule has 0 aliphatic carbocycles. The SMILES string of the molecule is NCCCC[C@H](N)C(=O)OS(=O)(=O)[O-].[Na+]. The molecule has 9 heteroatoms. The Hall–Kier alpha value is 0.300. The minimum Gasteiger partial charge on any atom is -0.716 e. The molecule has 0 rings (SSSR count). The molecule has 84 valence electrons. The molecule has 4 N–H and O–H groups in total. The zero-order chi connectivity index (χ0) is 11.2. The summed E-state index contributed by atoms with van der Waals surface area (Å²) in [5.74, 6) is -1.22. The van der Waals surface area contributed by atoms with Gasteiger partial charge in [-0.3, -0.25) is 0 Å². The number of hydrogen-bond acceptors (Lipinski definition) is 7. The zero-order valence-electron chi connectivity index (χ0n) is 8.51. The van der Waals surface area contributed by atoms with Gasteiger partial charge in [-0.1, -0.05) is 6.42 Å². The Labute approximate surface area is 111 Å². The van der Waals surface area contributed by atoms with Gasteiger partial charge in [0, 0.05) is 0 Å². The second kappa shape index (κ2) is 8.45. The molecular weight excluding hydrogens is 235 g/mol. The summed E-state index contributed by atoms with van der Waals surface area (Å²) >= 11 is 0. The Kier molecular flexibility index (Phi) is 9.97. The van der Waals surface area contributed by atoms with E-state index in [0.29, 0.717) is 19.4 Å². The first kappa shape index (κ1) is 17.7. The third-order valence-electron chi connectivity index (χ3n) is 1.46. The summed E-state index contributed by atoms with van der Waals surface area (Å²) in [4.78, 5) is 10.8. The van der Waals surface area contributed by atoms with E-state index in [0.717, 1.165) is 0 Å². The molecule has 0 aliphatic heterocycles. The van der Waals surface area contributed by atoms with Gasteiger partial charge < -0.3 is 20.2 Å². The summed E-state index contributed by atoms with van der Waals surface area (Å²) in [7, 11) is -5.00. The average molecular weight is 248 g/mol. The molecule has 7 nitrogen and oxygen atoms in total. The first-order valence-corrected chi connectivity index (χ1v) is 5.35. The summed E-state index contributed by atoms with van der Waals surface area (Å²) in [6, 6.07) is -1.09. The van der Waals surface area contributed by atoms with Crippen LogP contribution in [-0.2, 0) is 19.4 Å². The molecule has 0 amide bonds. The van der Waals surface area contributed by atoms with Gasteiger partial charge in [0.25, 0.3) is 10.4 Å². The second-order valence-electron chi connectivity index (χ2n) is 2.70. The molecule has 1 atom stereocenters. The number of unbranched alkanes of at least 4 members (excludes halogenated alkanes) is 1. The van der Waals surface area contributed by atoms with Crippen LogP contribution in [0.4, 0.5) is 0 Å². The van der Waals surface area contributed by atoms with Gasteiger partial charge in [-0.2, -0.15) is 0 Å². The normalized spacial score (nSPS) is 12.7. The van der Waals surface area contributed by atoms with Crippen LogP contribution in [0.15, 0.2) is 0 Å². The Morgan fingerprint density at radius 3 is 2.33 bits per heavy atom. The van der Waals surface area contributed by atoms with Crippen molar-refractivity contribution in [2.75, 3.05) is 6.54 Å². The first-order valence-electron chi connectivity index (χ1n) is 4.01. The summed E-state index contributed by atoms with van der Waals surface area (Å²) in [6.07, 6.45) is 1.49. The van der Waals surface area contributed by atoms with Crippen molar-refractivity contribution in [2.45, 2.75) is 25.3 Å². The van der Waals surface area contributed by atoms with Gasteiger partial charge >= 0.3 is 35.5 Å². The molecule has 0 spiro atoms. The quantitative estimate of drug-likeness (QED) is 0.209. The van der Waals surface area contributed by atoms with Crippen LogP contribution < -0.4 is 41.0 Å². The molecule has 0 heterocycles. The molecule has 0 aliphatic rings. The smallest absolute Gasteiger partial charge is 0.716 e. The van der Waals surface area contributed by atoms with Crippen LogP contribution in [0.2, 0.25) is 0 Å². The summed E-state index contributed by atoms with van der Waals surface area (Å²) in [5, 5.41) is 0. The molecule has 0 fully saturated rings. The van der Waals surface area contributed by atoms with Gasteiger partial charge in [-0.25, -0.2) is 13.2 Å². The third-order valence-corrected chi connectivity index (χ3v) is 1.82. The van der Waals surface area contributed by atoms with Gasteiger partial charge in [0.1, 0.15) is 6.04 Å². The van der Waals surface area contributed by atoms with Crippen molar-refractivity contribution >= 4 is 16.4 Å². The van der Waals surface area contributed by atoms with Crippen molar-refractivity contribution in [3.63, 3.8) is 0 Å². The average Bonchev–Trinajstić information content (AvgIpc) is 2.01. The second-order valence-corrected chi connectivity index (χ2v) is 3.68. The van der Waals surface area contributed by atoms with Crippen LogP contribution in [0.1, 0.15) is 19.3 Å². The molecule has 0 aromatic carbocycles. The number of carbonyl (C=O) groups is 1. The fourth-order valence-corrected chi connectivity index (χ4v) is 1.11. The molecule has 0 aromatic heterocycles. The monoisotopic (exact) mass is 248 g/mol. The van der Waals surface area contributed by atoms with Crippen LogP contribution in [0.25, 0.3) is 0 Å². The van der Waals surface area contributed by atoms with Crippen molar-refractivity contribution in [2.24, 2.45) is 11.5 Å². The Morgan fingerprint density at radius 2 is 1.93 bits per heavy atom.